The molecule has 1 heterocycles. The molecule has 0 saturated heterocycles. The molecule has 0 saturated carbocycles. The maximum Gasteiger partial charge on any atom is 0.212 e. The minimum absolute atomic E-state index is 0. The van der Waals surface area contributed by atoms with Crippen LogP contribution in [0.5, 0.6) is 5.88 Å². The third-order valence-corrected chi connectivity index (χ3v) is 2.52. The number of nitrogens with zero attached hydrogens (tertiary/aromatic N) is 1. The monoisotopic (exact) mass is 244 g/mol. The Morgan fingerprint density at radius 3 is 2.62 bits per heavy atom. The summed E-state index contributed by atoms with van der Waals surface area (Å²) in [5.74, 6) is 0.638. The van der Waals surface area contributed by atoms with Gasteiger partial charge in [0.25, 0.3) is 0 Å². The van der Waals surface area contributed by atoms with Crippen LogP contribution in [-0.2, 0) is 0 Å². The van der Waals surface area contributed by atoms with Gasteiger partial charge in [0.2, 0.25) is 5.88 Å². The average Bonchev–Trinajstić information content (AvgIpc) is 2.29. The Kier molecular flexibility index (Phi) is 7.95. The first-order chi connectivity index (χ1) is 7.27. The Morgan fingerprint density at radius 2 is 2.12 bits per heavy atom. The minimum Gasteiger partial charge on any atom is -0.481 e. The van der Waals surface area contributed by atoms with Gasteiger partial charge in [-0.05, 0) is 12.0 Å². The van der Waals surface area contributed by atoms with Crippen LogP contribution in [0.3, 0.4) is 0 Å². The quantitative estimate of drug-likeness (QED) is 0.783. The molecule has 1 aromatic rings. The second-order valence-electron chi connectivity index (χ2n) is 3.74. The van der Waals surface area contributed by atoms with Crippen molar-refractivity contribution < 1.29 is 4.74 Å². The Balaban J connectivity index is 0.00000225. The summed E-state index contributed by atoms with van der Waals surface area (Å²) in [4.78, 5) is 4.14. The van der Waals surface area contributed by atoms with Crippen LogP contribution in [0.1, 0.15) is 44.2 Å². The van der Waals surface area contributed by atoms with Crippen LogP contribution in [0.2, 0.25) is 0 Å². The molecule has 2 N–H and O–H groups in total. The van der Waals surface area contributed by atoms with Crippen molar-refractivity contribution in [2.45, 2.75) is 38.6 Å². The molecule has 0 aromatic carbocycles. The van der Waals surface area contributed by atoms with Crippen LogP contribution < -0.4 is 10.5 Å². The molecule has 0 fully saturated rings. The summed E-state index contributed by atoms with van der Waals surface area (Å²) in [5, 5.41) is 0. The Labute approximate surface area is 104 Å². The second-order valence-corrected chi connectivity index (χ2v) is 3.74. The van der Waals surface area contributed by atoms with Crippen molar-refractivity contribution in [1.29, 1.82) is 0 Å². The highest BCUT2D eigenvalue weighted by atomic mass is 35.5. The molecule has 0 amide bonds. The summed E-state index contributed by atoms with van der Waals surface area (Å²) in [6.07, 6.45) is 6.49. The zero-order chi connectivity index (χ0) is 11.1. The molecule has 16 heavy (non-hydrogen) atoms. The van der Waals surface area contributed by atoms with Gasteiger partial charge in [-0.1, -0.05) is 32.3 Å². The van der Waals surface area contributed by atoms with Gasteiger partial charge >= 0.3 is 0 Å². The largest absolute Gasteiger partial charge is 0.481 e. The highest BCUT2D eigenvalue weighted by molar-refractivity contribution is 5.85. The van der Waals surface area contributed by atoms with E-state index in [9.17, 15) is 0 Å². The fourth-order valence-electron chi connectivity index (χ4n) is 1.51. The predicted octanol–water partition coefficient (Wildman–Crippen LogP) is 3.09. The molecule has 1 aromatic heterocycles. The van der Waals surface area contributed by atoms with Gasteiger partial charge in [-0.15, -0.1) is 12.4 Å². The smallest absolute Gasteiger partial charge is 0.212 e. The fraction of sp³-hybridized carbons (Fsp3) is 0.583. The van der Waals surface area contributed by atoms with Gasteiger partial charge in [0.1, 0.15) is 0 Å². The number of aromatic nitrogens is 1. The third-order valence-electron chi connectivity index (χ3n) is 2.52. The summed E-state index contributed by atoms with van der Waals surface area (Å²) < 4.78 is 5.00. The Morgan fingerprint density at radius 1 is 1.38 bits per heavy atom. The number of rotatable bonds is 6. The molecule has 1 atom stereocenters. The standard InChI is InChI=1S/C12H20N2O.ClH/c1-3-4-5-6-11(13)10-7-8-12(15-2)14-9-10;/h7-9,11H,3-6,13H2,1-2H3;1H/t11-;/m0./s1. The van der Waals surface area contributed by atoms with E-state index in [-0.39, 0.29) is 18.4 Å². The molecular formula is C12H21ClN2O. The average molecular weight is 245 g/mol. The molecule has 0 aliphatic rings. The lowest BCUT2D eigenvalue weighted by Crippen LogP contribution is -2.10. The summed E-state index contributed by atoms with van der Waals surface area (Å²) in [5.41, 5.74) is 7.14. The molecule has 1 rings (SSSR count). The molecule has 0 spiro atoms. The number of hydrogen-bond acceptors (Lipinski definition) is 3. The molecular weight excluding hydrogens is 224 g/mol. The highest BCUT2D eigenvalue weighted by Crippen LogP contribution is 2.18. The predicted molar refractivity (Wildman–Crippen MR) is 69.1 cm³/mol. The Bertz CT molecular complexity index is 277. The first-order valence-corrected chi connectivity index (χ1v) is 5.53. The van der Waals surface area contributed by atoms with Crippen LogP contribution in [0.4, 0.5) is 0 Å². The first kappa shape index (κ1) is 15.2. The van der Waals surface area contributed by atoms with E-state index in [0.717, 1.165) is 12.0 Å². The summed E-state index contributed by atoms with van der Waals surface area (Å²) >= 11 is 0. The first-order valence-electron chi connectivity index (χ1n) is 5.53. The maximum absolute atomic E-state index is 6.05. The molecule has 0 aliphatic carbocycles. The van der Waals surface area contributed by atoms with Crippen molar-refractivity contribution >= 4 is 12.4 Å². The van der Waals surface area contributed by atoms with Gasteiger partial charge in [0.15, 0.2) is 0 Å². The van der Waals surface area contributed by atoms with Crippen molar-refractivity contribution in [1.82, 2.24) is 4.98 Å². The van der Waals surface area contributed by atoms with E-state index in [1.165, 1.54) is 19.3 Å². The van der Waals surface area contributed by atoms with E-state index in [0.29, 0.717) is 5.88 Å². The van der Waals surface area contributed by atoms with Crippen molar-refractivity contribution in [2.24, 2.45) is 5.73 Å². The summed E-state index contributed by atoms with van der Waals surface area (Å²) in [6, 6.07) is 3.95. The van der Waals surface area contributed by atoms with E-state index in [1.807, 2.05) is 12.1 Å². The number of unbranched alkanes of at least 4 members (excludes halogenated alkanes) is 2. The number of halogens is 1. The lowest BCUT2D eigenvalue weighted by molar-refractivity contribution is 0.397. The molecule has 0 bridgehead atoms. The van der Waals surface area contributed by atoms with Crippen molar-refractivity contribution in [3.8, 4) is 5.88 Å². The number of methoxy groups -OCH3 is 1. The van der Waals surface area contributed by atoms with Gasteiger partial charge in [-0.3, -0.25) is 0 Å². The van der Waals surface area contributed by atoms with Crippen LogP contribution in [-0.4, -0.2) is 12.1 Å². The van der Waals surface area contributed by atoms with Gasteiger partial charge < -0.3 is 10.5 Å². The molecule has 92 valence electrons. The Hall–Kier alpha value is -0.800. The van der Waals surface area contributed by atoms with Crippen LogP contribution in [0.15, 0.2) is 18.3 Å². The normalized spacial score (nSPS) is 11.7. The van der Waals surface area contributed by atoms with Crippen molar-refractivity contribution in [2.75, 3.05) is 7.11 Å². The van der Waals surface area contributed by atoms with Gasteiger partial charge in [-0.2, -0.15) is 0 Å². The van der Waals surface area contributed by atoms with Crippen molar-refractivity contribution in [3.05, 3.63) is 23.9 Å². The van der Waals surface area contributed by atoms with Gasteiger partial charge in [0.05, 0.1) is 7.11 Å². The summed E-state index contributed by atoms with van der Waals surface area (Å²) in [6.45, 7) is 2.19. The van der Waals surface area contributed by atoms with Crippen LogP contribution in [0.25, 0.3) is 0 Å². The zero-order valence-electron chi connectivity index (χ0n) is 9.98. The SMILES string of the molecule is CCCCC[C@H](N)c1ccc(OC)nc1.Cl. The third kappa shape index (κ3) is 4.81. The summed E-state index contributed by atoms with van der Waals surface area (Å²) in [7, 11) is 1.61. The van der Waals surface area contributed by atoms with Crippen molar-refractivity contribution in [3.63, 3.8) is 0 Å². The van der Waals surface area contributed by atoms with Crippen LogP contribution in [0, 0.1) is 0 Å². The molecule has 0 aliphatic heterocycles. The minimum atomic E-state index is 0. The number of hydrogen-bond donors (Lipinski definition) is 1. The van der Waals surface area contributed by atoms with E-state index < -0.39 is 0 Å². The van der Waals surface area contributed by atoms with E-state index >= 15 is 0 Å². The number of nitrogens with two attached hydrogens (primary N) is 1. The van der Waals surface area contributed by atoms with E-state index in [4.69, 9.17) is 10.5 Å². The fourth-order valence-corrected chi connectivity index (χ4v) is 1.51. The maximum atomic E-state index is 6.05. The van der Waals surface area contributed by atoms with E-state index in [1.54, 1.807) is 13.3 Å². The highest BCUT2D eigenvalue weighted by Gasteiger charge is 2.05. The van der Waals surface area contributed by atoms with E-state index in [2.05, 4.69) is 11.9 Å². The topological polar surface area (TPSA) is 48.1 Å². The van der Waals surface area contributed by atoms with Gasteiger partial charge in [0, 0.05) is 18.3 Å². The number of pyridine rings is 1. The molecule has 0 radical (unpaired) electrons. The van der Waals surface area contributed by atoms with Gasteiger partial charge in [-0.25, -0.2) is 4.98 Å². The molecule has 3 nitrogen and oxygen atoms in total. The second kappa shape index (κ2) is 8.36. The molecule has 0 unspecified atom stereocenters. The lowest BCUT2D eigenvalue weighted by atomic mass is 10.0. The molecule has 4 heteroatoms. The lowest BCUT2D eigenvalue weighted by Gasteiger charge is -2.11. The van der Waals surface area contributed by atoms with Crippen LogP contribution >= 0.6 is 12.4 Å². The number of ether oxygens (including phenoxy) is 1. The zero-order valence-corrected chi connectivity index (χ0v) is 10.8.